The first-order chi connectivity index (χ1) is 10.8. The van der Waals surface area contributed by atoms with Crippen molar-refractivity contribution >= 4 is 10.8 Å². The van der Waals surface area contributed by atoms with Gasteiger partial charge in [0.1, 0.15) is 12.4 Å². The fourth-order valence-corrected chi connectivity index (χ4v) is 2.93. The van der Waals surface area contributed by atoms with Gasteiger partial charge in [0.15, 0.2) is 0 Å². The van der Waals surface area contributed by atoms with Gasteiger partial charge in [0.25, 0.3) is 0 Å². The molecule has 1 saturated heterocycles. The summed E-state index contributed by atoms with van der Waals surface area (Å²) in [4.78, 5) is 4.73. The second-order valence-electron chi connectivity index (χ2n) is 5.76. The lowest BCUT2D eigenvalue weighted by Gasteiger charge is -2.34. The molecule has 0 aliphatic carbocycles. The smallest absolute Gasteiger partial charge is 0.120 e. The Morgan fingerprint density at radius 2 is 1.55 bits per heavy atom. The zero-order chi connectivity index (χ0) is 15.2. The quantitative estimate of drug-likeness (QED) is 0.883. The fraction of sp³-hybridized carbons (Fsp3) is 0.444. The molecule has 4 nitrogen and oxygen atoms in total. The summed E-state index contributed by atoms with van der Waals surface area (Å²) in [6.45, 7) is 6.92. The Balaban J connectivity index is 1.44. The van der Waals surface area contributed by atoms with Crippen molar-refractivity contribution in [3.05, 3.63) is 42.5 Å². The maximum Gasteiger partial charge on any atom is 0.120 e. The average Bonchev–Trinajstić information content (AvgIpc) is 2.57. The number of benzene rings is 2. The molecule has 0 atom stereocenters. The number of aliphatic hydroxyl groups excluding tert-OH is 1. The van der Waals surface area contributed by atoms with E-state index in [4.69, 9.17) is 9.84 Å². The molecule has 4 heteroatoms. The minimum absolute atomic E-state index is 0.255. The molecular weight excluding hydrogens is 276 g/mol. The van der Waals surface area contributed by atoms with Crippen molar-refractivity contribution in [3.63, 3.8) is 0 Å². The average molecular weight is 300 g/mol. The van der Waals surface area contributed by atoms with Crippen molar-refractivity contribution in [3.8, 4) is 5.75 Å². The van der Waals surface area contributed by atoms with Gasteiger partial charge in [-0.15, -0.1) is 0 Å². The Morgan fingerprint density at radius 3 is 2.27 bits per heavy atom. The molecule has 118 valence electrons. The van der Waals surface area contributed by atoms with Gasteiger partial charge in [0.05, 0.1) is 6.61 Å². The minimum atomic E-state index is 0.255. The molecule has 1 aliphatic rings. The summed E-state index contributed by atoms with van der Waals surface area (Å²) in [6, 6.07) is 14.6. The summed E-state index contributed by atoms with van der Waals surface area (Å²) in [5, 5.41) is 11.4. The van der Waals surface area contributed by atoms with Crippen LogP contribution in [0.15, 0.2) is 42.5 Å². The third-order valence-corrected chi connectivity index (χ3v) is 4.28. The lowest BCUT2D eigenvalue weighted by molar-refractivity contribution is 0.102. The molecule has 0 saturated carbocycles. The predicted molar refractivity (Wildman–Crippen MR) is 89.4 cm³/mol. The molecule has 1 aliphatic heterocycles. The Morgan fingerprint density at radius 1 is 0.864 bits per heavy atom. The van der Waals surface area contributed by atoms with Gasteiger partial charge >= 0.3 is 0 Å². The Kier molecular flexibility index (Phi) is 5.27. The zero-order valence-corrected chi connectivity index (χ0v) is 12.9. The number of hydrogen-bond donors (Lipinski definition) is 1. The van der Waals surface area contributed by atoms with Crippen molar-refractivity contribution in [1.29, 1.82) is 0 Å². The second-order valence-corrected chi connectivity index (χ2v) is 5.76. The van der Waals surface area contributed by atoms with Gasteiger partial charge in [-0.25, -0.2) is 0 Å². The Bertz CT molecular complexity index is 594. The number of nitrogens with zero attached hydrogens (tertiary/aromatic N) is 2. The summed E-state index contributed by atoms with van der Waals surface area (Å²) in [5.74, 6) is 0.942. The van der Waals surface area contributed by atoms with Crippen LogP contribution >= 0.6 is 0 Å². The molecule has 1 N–H and O–H groups in total. The van der Waals surface area contributed by atoms with E-state index in [0.29, 0.717) is 0 Å². The number of rotatable bonds is 6. The highest BCUT2D eigenvalue weighted by Gasteiger charge is 2.15. The van der Waals surface area contributed by atoms with Gasteiger partial charge in [0, 0.05) is 39.3 Å². The number of ether oxygens (including phenoxy) is 1. The number of aliphatic hydroxyl groups is 1. The van der Waals surface area contributed by atoms with Crippen molar-refractivity contribution in [2.45, 2.75) is 0 Å². The van der Waals surface area contributed by atoms with Gasteiger partial charge in [-0.2, -0.15) is 0 Å². The molecule has 2 aromatic carbocycles. The van der Waals surface area contributed by atoms with Crippen molar-refractivity contribution in [2.75, 3.05) is 52.5 Å². The summed E-state index contributed by atoms with van der Waals surface area (Å²) in [6.07, 6.45) is 0. The summed E-state index contributed by atoms with van der Waals surface area (Å²) in [7, 11) is 0. The maximum absolute atomic E-state index is 8.95. The summed E-state index contributed by atoms with van der Waals surface area (Å²) < 4.78 is 5.90. The van der Waals surface area contributed by atoms with E-state index in [2.05, 4.69) is 46.2 Å². The van der Waals surface area contributed by atoms with E-state index in [-0.39, 0.29) is 6.61 Å². The maximum atomic E-state index is 8.95. The van der Waals surface area contributed by atoms with Crippen LogP contribution in [0.2, 0.25) is 0 Å². The fourth-order valence-electron chi connectivity index (χ4n) is 2.93. The normalized spacial score (nSPS) is 17.0. The monoisotopic (exact) mass is 300 g/mol. The highest BCUT2D eigenvalue weighted by atomic mass is 16.5. The molecule has 2 aromatic rings. The van der Waals surface area contributed by atoms with Crippen LogP contribution in [0.1, 0.15) is 0 Å². The van der Waals surface area contributed by atoms with Crippen LogP contribution in [-0.4, -0.2) is 67.4 Å². The van der Waals surface area contributed by atoms with E-state index >= 15 is 0 Å². The van der Waals surface area contributed by atoms with E-state index in [9.17, 15) is 0 Å². The van der Waals surface area contributed by atoms with E-state index in [1.54, 1.807) is 0 Å². The van der Waals surface area contributed by atoms with Crippen LogP contribution in [0.4, 0.5) is 0 Å². The van der Waals surface area contributed by atoms with Crippen LogP contribution < -0.4 is 4.74 Å². The highest BCUT2D eigenvalue weighted by molar-refractivity contribution is 5.83. The molecule has 0 aromatic heterocycles. The molecule has 1 heterocycles. The molecule has 0 spiro atoms. The number of hydrogen-bond acceptors (Lipinski definition) is 4. The molecule has 0 radical (unpaired) electrons. The van der Waals surface area contributed by atoms with Crippen LogP contribution in [0.25, 0.3) is 10.8 Å². The minimum Gasteiger partial charge on any atom is -0.492 e. The van der Waals surface area contributed by atoms with Crippen LogP contribution in [0, 0.1) is 0 Å². The zero-order valence-electron chi connectivity index (χ0n) is 12.9. The second kappa shape index (κ2) is 7.58. The highest BCUT2D eigenvalue weighted by Crippen LogP contribution is 2.20. The van der Waals surface area contributed by atoms with Crippen LogP contribution in [0.3, 0.4) is 0 Å². The van der Waals surface area contributed by atoms with Crippen molar-refractivity contribution in [2.24, 2.45) is 0 Å². The van der Waals surface area contributed by atoms with Crippen LogP contribution in [-0.2, 0) is 0 Å². The molecule has 22 heavy (non-hydrogen) atoms. The standard InChI is InChI=1S/C18H24N2O2/c21-13-11-19-7-9-20(10-8-19)12-14-22-18-6-5-16-3-1-2-4-17(16)15-18/h1-6,15,21H,7-14H2. The van der Waals surface area contributed by atoms with Gasteiger partial charge in [-0.1, -0.05) is 30.3 Å². The van der Waals surface area contributed by atoms with Gasteiger partial charge in [-0.05, 0) is 22.9 Å². The first-order valence-corrected chi connectivity index (χ1v) is 8.02. The van der Waals surface area contributed by atoms with Gasteiger partial charge in [-0.3, -0.25) is 9.80 Å². The van der Waals surface area contributed by atoms with Crippen molar-refractivity contribution < 1.29 is 9.84 Å². The van der Waals surface area contributed by atoms with Gasteiger partial charge in [0.2, 0.25) is 0 Å². The molecule has 3 rings (SSSR count). The third kappa shape index (κ3) is 3.97. The lowest BCUT2D eigenvalue weighted by atomic mass is 10.1. The lowest BCUT2D eigenvalue weighted by Crippen LogP contribution is -2.48. The van der Waals surface area contributed by atoms with E-state index in [0.717, 1.165) is 51.6 Å². The number of β-amino-alcohol motifs (C(OH)–C–C–N with tert-alkyl or cyclic N) is 1. The largest absolute Gasteiger partial charge is 0.492 e. The van der Waals surface area contributed by atoms with Crippen molar-refractivity contribution in [1.82, 2.24) is 9.80 Å². The van der Waals surface area contributed by atoms with E-state index in [1.165, 1.54) is 10.8 Å². The van der Waals surface area contributed by atoms with E-state index < -0.39 is 0 Å². The molecule has 0 unspecified atom stereocenters. The Labute approximate surface area is 131 Å². The van der Waals surface area contributed by atoms with Gasteiger partial charge < -0.3 is 9.84 Å². The summed E-state index contributed by atoms with van der Waals surface area (Å²) in [5.41, 5.74) is 0. The third-order valence-electron chi connectivity index (χ3n) is 4.28. The first-order valence-electron chi connectivity index (χ1n) is 8.02. The van der Waals surface area contributed by atoms with E-state index in [1.807, 2.05) is 6.07 Å². The molecule has 1 fully saturated rings. The molecule has 0 bridgehead atoms. The van der Waals surface area contributed by atoms with Crippen LogP contribution in [0.5, 0.6) is 5.75 Å². The first kappa shape index (κ1) is 15.3. The Hall–Kier alpha value is -1.62. The SMILES string of the molecule is OCCN1CCN(CCOc2ccc3ccccc3c2)CC1. The number of fused-ring (bicyclic) bond motifs is 1. The molecular formula is C18H24N2O2. The number of piperazine rings is 1. The predicted octanol–water partition coefficient (Wildman–Crippen LogP) is 1.83. The molecule has 0 amide bonds. The topological polar surface area (TPSA) is 35.9 Å². The summed E-state index contributed by atoms with van der Waals surface area (Å²) >= 11 is 0.